The van der Waals surface area contributed by atoms with E-state index < -0.39 is 0 Å². The molecule has 3 rings (SSSR count). The molecule has 0 amide bonds. The summed E-state index contributed by atoms with van der Waals surface area (Å²) in [6.07, 6.45) is 7.44. The van der Waals surface area contributed by atoms with E-state index in [9.17, 15) is 9.90 Å². The predicted molar refractivity (Wildman–Crippen MR) is 100 cm³/mol. The van der Waals surface area contributed by atoms with Crippen LogP contribution in [0.25, 0.3) is 11.0 Å². The lowest BCUT2D eigenvalue weighted by atomic mass is 10.0. The number of aromatic hydroxyl groups is 1. The van der Waals surface area contributed by atoms with Crippen molar-refractivity contribution in [2.75, 3.05) is 13.1 Å². The van der Waals surface area contributed by atoms with Crippen molar-refractivity contribution in [1.82, 2.24) is 0 Å². The Bertz CT molecular complexity index is 786. The Morgan fingerprint density at radius 1 is 1.08 bits per heavy atom. The van der Waals surface area contributed by atoms with Crippen LogP contribution < -0.4 is 10.5 Å². The molecule has 0 saturated heterocycles. The SMILES string of the molecule is CCCC[NH+](CCCC)Cc1c(O)ccc2c3c(c(=O)oc12)CCC3. The lowest BCUT2D eigenvalue weighted by Gasteiger charge is -2.20. The number of phenols is 1. The zero-order valence-electron chi connectivity index (χ0n) is 15.5. The molecule has 0 spiro atoms. The summed E-state index contributed by atoms with van der Waals surface area (Å²) in [7, 11) is 0. The Labute approximate surface area is 149 Å². The summed E-state index contributed by atoms with van der Waals surface area (Å²) < 4.78 is 5.70. The van der Waals surface area contributed by atoms with Crippen molar-refractivity contribution in [2.24, 2.45) is 0 Å². The molecule has 4 heteroatoms. The third-order valence-corrected chi connectivity index (χ3v) is 5.41. The van der Waals surface area contributed by atoms with Crippen LogP contribution >= 0.6 is 0 Å². The van der Waals surface area contributed by atoms with E-state index in [1.807, 2.05) is 6.07 Å². The van der Waals surface area contributed by atoms with Gasteiger partial charge in [-0.15, -0.1) is 0 Å². The summed E-state index contributed by atoms with van der Waals surface area (Å²) in [5, 5.41) is 11.5. The van der Waals surface area contributed by atoms with Crippen molar-refractivity contribution in [1.29, 1.82) is 0 Å². The van der Waals surface area contributed by atoms with Gasteiger partial charge in [0.15, 0.2) is 5.58 Å². The van der Waals surface area contributed by atoms with Gasteiger partial charge in [-0.3, -0.25) is 0 Å². The van der Waals surface area contributed by atoms with Crippen molar-refractivity contribution in [3.05, 3.63) is 39.2 Å². The van der Waals surface area contributed by atoms with Gasteiger partial charge in [-0.1, -0.05) is 26.7 Å². The van der Waals surface area contributed by atoms with E-state index in [1.165, 1.54) is 30.6 Å². The number of nitrogens with one attached hydrogen (secondary N) is 1. The fourth-order valence-electron chi connectivity index (χ4n) is 3.97. The molecule has 0 atom stereocenters. The Hall–Kier alpha value is -1.81. The van der Waals surface area contributed by atoms with E-state index in [0.29, 0.717) is 12.1 Å². The molecule has 2 aromatic rings. The summed E-state index contributed by atoms with van der Waals surface area (Å²) in [6.45, 7) is 7.29. The van der Waals surface area contributed by atoms with Crippen molar-refractivity contribution in [3.8, 4) is 5.75 Å². The summed E-state index contributed by atoms with van der Waals surface area (Å²) in [6, 6.07) is 3.69. The molecule has 1 heterocycles. The number of hydrogen-bond donors (Lipinski definition) is 2. The molecule has 0 aliphatic heterocycles. The van der Waals surface area contributed by atoms with E-state index in [0.717, 1.165) is 54.4 Å². The van der Waals surface area contributed by atoms with Gasteiger partial charge < -0.3 is 14.4 Å². The van der Waals surface area contributed by atoms with Gasteiger partial charge in [0, 0.05) is 10.9 Å². The molecular formula is C21H30NO3+. The van der Waals surface area contributed by atoms with Gasteiger partial charge in [-0.25, -0.2) is 4.79 Å². The van der Waals surface area contributed by atoms with Crippen LogP contribution in [0.2, 0.25) is 0 Å². The number of quaternary nitrogens is 1. The first-order valence-corrected chi connectivity index (χ1v) is 9.78. The van der Waals surface area contributed by atoms with Gasteiger partial charge in [0.25, 0.3) is 0 Å². The largest absolute Gasteiger partial charge is 0.507 e. The first-order chi connectivity index (χ1) is 12.2. The standard InChI is InChI=1S/C21H29NO3/c1-3-5-12-22(13-6-4-2)14-18-19(23)11-10-16-15-8-7-9-17(15)21(24)25-20(16)18/h10-11,23H,3-9,12-14H2,1-2H3/p+1. The van der Waals surface area contributed by atoms with E-state index in [2.05, 4.69) is 13.8 Å². The minimum Gasteiger partial charge on any atom is -0.507 e. The average Bonchev–Trinajstić information content (AvgIpc) is 3.10. The van der Waals surface area contributed by atoms with Gasteiger partial charge in [0.2, 0.25) is 0 Å². The van der Waals surface area contributed by atoms with Crippen LogP contribution in [0.3, 0.4) is 0 Å². The molecule has 1 aliphatic rings. The third-order valence-electron chi connectivity index (χ3n) is 5.41. The second-order valence-electron chi connectivity index (χ2n) is 7.27. The molecule has 1 aliphatic carbocycles. The Balaban J connectivity index is 2.01. The van der Waals surface area contributed by atoms with Gasteiger partial charge in [0.05, 0.1) is 18.7 Å². The monoisotopic (exact) mass is 344 g/mol. The normalized spacial score (nSPS) is 13.7. The lowest BCUT2D eigenvalue weighted by molar-refractivity contribution is -0.914. The third kappa shape index (κ3) is 3.74. The molecule has 0 saturated carbocycles. The highest BCUT2D eigenvalue weighted by Gasteiger charge is 2.23. The second kappa shape index (κ2) is 8.05. The van der Waals surface area contributed by atoms with E-state index >= 15 is 0 Å². The van der Waals surface area contributed by atoms with Crippen molar-refractivity contribution in [2.45, 2.75) is 65.3 Å². The summed E-state index contributed by atoms with van der Waals surface area (Å²) >= 11 is 0. The highest BCUT2D eigenvalue weighted by molar-refractivity contribution is 5.86. The zero-order valence-corrected chi connectivity index (χ0v) is 15.5. The van der Waals surface area contributed by atoms with Crippen LogP contribution in [0.15, 0.2) is 21.3 Å². The van der Waals surface area contributed by atoms with Crippen LogP contribution in [-0.4, -0.2) is 18.2 Å². The Kier molecular flexibility index (Phi) is 5.79. The number of unbranched alkanes of at least 4 members (excludes halogenated alkanes) is 2. The zero-order chi connectivity index (χ0) is 17.8. The number of aryl methyl sites for hydroxylation is 1. The topological polar surface area (TPSA) is 54.9 Å². The molecule has 0 bridgehead atoms. The van der Waals surface area contributed by atoms with Gasteiger partial charge in [0.1, 0.15) is 12.3 Å². The molecule has 0 radical (unpaired) electrons. The predicted octanol–water partition coefficient (Wildman–Crippen LogP) is 2.97. The highest BCUT2D eigenvalue weighted by atomic mass is 16.4. The van der Waals surface area contributed by atoms with Crippen molar-refractivity contribution >= 4 is 11.0 Å². The van der Waals surface area contributed by atoms with Crippen molar-refractivity contribution in [3.63, 3.8) is 0 Å². The molecule has 4 nitrogen and oxygen atoms in total. The molecule has 25 heavy (non-hydrogen) atoms. The van der Waals surface area contributed by atoms with Crippen molar-refractivity contribution < 1.29 is 14.4 Å². The minimum absolute atomic E-state index is 0.212. The maximum Gasteiger partial charge on any atom is 0.339 e. The number of phenolic OH excluding ortho intramolecular Hbond substituents is 1. The minimum atomic E-state index is -0.212. The fraction of sp³-hybridized carbons (Fsp3) is 0.571. The van der Waals surface area contributed by atoms with Crippen LogP contribution in [0.5, 0.6) is 5.75 Å². The smallest absolute Gasteiger partial charge is 0.339 e. The van der Waals surface area contributed by atoms with E-state index in [-0.39, 0.29) is 11.4 Å². The number of fused-ring (bicyclic) bond motifs is 3. The summed E-state index contributed by atoms with van der Waals surface area (Å²) in [4.78, 5) is 13.8. The second-order valence-corrected chi connectivity index (χ2v) is 7.27. The summed E-state index contributed by atoms with van der Waals surface area (Å²) in [5.41, 5.74) is 3.17. The molecule has 1 aromatic heterocycles. The maximum absolute atomic E-state index is 12.4. The molecule has 1 aromatic carbocycles. The number of benzene rings is 1. The van der Waals surface area contributed by atoms with Crippen LogP contribution in [0.4, 0.5) is 0 Å². The first kappa shape index (κ1) is 18.0. The Morgan fingerprint density at radius 3 is 2.44 bits per heavy atom. The number of rotatable bonds is 8. The van der Waals surface area contributed by atoms with E-state index in [4.69, 9.17) is 4.42 Å². The van der Waals surface area contributed by atoms with Gasteiger partial charge in [-0.05, 0) is 49.8 Å². The lowest BCUT2D eigenvalue weighted by Crippen LogP contribution is -3.10. The van der Waals surface area contributed by atoms with Gasteiger partial charge in [-0.2, -0.15) is 0 Å². The highest BCUT2D eigenvalue weighted by Crippen LogP contribution is 2.32. The molecule has 0 fully saturated rings. The first-order valence-electron chi connectivity index (χ1n) is 9.78. The van der Waals surface area contributed by atoms with Crippen LogP contribution in [0, 0.1) is 0 Å². The van der Waals surface area contributed by atoms with Crippen LogP contribution in [-0.2, 0) is 19.4 Å². The summed E-state index contributed by atoms with van der Waals surface area (Å²) in [5.74, 6) is 0.249. The molecule has 136 valence electrons. The van der Waals surface area contributed by atoms with E-state index in [1.54, 1.807) is 6.07 Å². The average molecular weight is 344 g/mol. The molecular weight excluding hydrogens is 314 g/mol. The molecule has 2 N–H and O–H groups in total. The fourth-order valence-corrected chi connectivity index (χ4v) is 3.97. The van der Waals surface area contributed by atoms with Gasteiger partial charge >= 0.3 is 5.63 Å². The number of hydrogen-bond acceptors (Lipinski definition) is 3. The maximum atomic E-state index is 12.4. The van der Waals surface area contributed by atoms with Crippen LogP contribution in [0.1, 0.15) is 62.6 Å². The Morgan fingerprint density at radius 2 is 1.76 bits per heavy atom. The quantitative estimate of drug-likeness (QED) is 0.724. The molecule has 0 unspecified atom stereocenters.